The van der Waals surface area contributed by atoms with Crippen LogP contribution < -0.4 is 16.2 Å². The number of ether oxygens (including phenoxy) is 1. The Morgan fingerprint density at radius 1 is 1.11 bits per heavy atom. The first-order valence-electron chi connectivity index (χ1n) is 12.5. The summed E-state index contributed by atoms with van der Waals surface area (Å²) in [4.78, 5) is 30.8. The lowest BCUT2D eigenvalue weighted by atomic mass is 9.98. The molecular weight excluding hydrogens is 456 g/mol. The zero-order chi connectivity index (χ0) is 25.7. The number of nitrogens with zero attached hydrogens (tertiary/aromatic N) is 3. The molecule has 1 amide bonds. The van der Waals surface area contributed by atoms with Crippen LogP contribution in [0, 0.1) is 20.8 Å². The highest BCUT2D eigenvalue weighted by atomic mass is 16.5. The van der Waals surface area contributed by atoms with Crippen molar-refractivity contribution in [2.45, 2.75) is 40.8 Å². The second-order valence-corrected chi connectivity index (χ2v) is 9.30. The fourth-order valence-corrected chi connectivity index (χ4v) is 4.56. The van der Waals surface area contributed by atoms with Gasteiger partial charge in [0.2, 0.25) is 0 Å². The number of carbonyl (C=O) groups excluding carboxylic acids is 1. The Balaban J connectivity index is 1.53. The van der Waals surface area contributed by atoms with E-state index in [1.165, 1.54) is 0 Å². The van der Waals surface area contributed by atoms with Crippen LogP contribution in [0.1, 0.15) is 39.7 Å². The van der Waals surface area contributed by atoms with Gasteiger partial charge in [-0.15, -0.1) is 0 Å². The van der Waals surface area contributed by atoms with Gasteiger partial charge in [0.1, 0.15) is 0 Å². The van der Waals surface area contributed by atoms with Crippen LogP contribution in [0.25, 0.3) is 11.1 Å². The van der Waals surface area contributed by atoms with Gasteiger partial charge in [0, 0.05) is 67.0 Å². The SMILES string of the molecule is CCNc1cc(-c2cnn(CCN3CCOCC3)c2)cc(C(=O)NCc2c(C)cc(C)[nH]c2=O)c1C. The first-order valence-corrected chi connectivity index (χ1v) is 12.5. The third-order valence-corrected chi connectivity index (χ3v) is 6.65. The molecule has 0 saturated carbocycles. The molecule has 1 aromatic carbocycles. The molecule has 0 unspecified atom stereocenters. The number of hydrogen-bond acceptors (Lipinski definition) is 6. The standard InChI is InChI=1S/C27H36N6O3/c1-5-28-25-14-21(22-15-30-33(17-22)7-6-32-8-10-36-11-9-32)13-23(20(25)4)26(34)29-16-24-18(2)12-19(3)31-27(24)35/h12-15,17,28H,5-11,16H2,1-4H3,(H,29,34)(H,31,35). The number of benzene rings is 1. The Morgan fingerprint density at radius 2 is 1.89 bits per heavy atom. The Morgan fingerprint density at radius 3 is 2.61 bits per heavy atom. The summed E-state index contributed by atoms with van der Waals surface area (Å²) in [6, 6.07) is 5.88. The largest absolute Gasteiger partial charge is 0.385 e. The van der Waals surface area contributed by atoms with Crippen molar-refractivity contribution in [3.8, 4) is 11.1 Å². The fourth-order valence-electron chi connectivity index (χ4n) is 4.56. The molecule has 0 radical (unpaired) electrons. The van der Waals surface area contributed by atoms with Crippen LogP contribution in [-0.2, 0) is 17.8 Å². The molecule has 9 nitrogen and oxygen atoms in total. The van der Waals surface area contributed by atoms with Crippen molar-refractivity contribution in [2.75, 3.05) is 44.7 Å². The average molecular weight is 493 g/mol. The first kappa shape index (κ1) is 25.7. The Hall–Kier alpha value is -3.43. The van der Waals surface area contributed by atoms with Gasteiger partial charge in [-0.3, -0.25) is 19.2 Å². The minimum Gasteiger partial charge on any atom is -0.385 e. The van der Waals surface area contributed by atoms with Crippen molar-refractivity contribution in [1.82, 2.24) is 25.0 Å². The summed E-state index contributed by atoms with van der Waals surface area (Å²) in [5.41, 5.74) is 6.28. The normalized spacial score (nSPS) is 14.1. The van der Waals surface area contributed by atoms with Gasteiger partial charge in [-0.2, -0.15) is 5.10 Å². The summed E-state index contributed by atoms with van der Waals surface area (Å²) in [5.74, 6) is -0.215. The first-order chi connectivity index (χ1) is 17.4. The van der Waals surface area contributed by atoms with Crippen LogP contribution in [0.2, 0.25) is 0 Å². The maximum Gasteiger partial charge on any atom is 0.253 e. The number of pyridine rings is 1. The number of nitrogens with one attached hydrogen (secondary N) is 3. The van der Waals surface area contributed by atoms with Crippen LogP contribution in [-0.4, -0.2) is 65.0 Å². The zero-order valence-electron chi connectivity index (χ0n) is 21.6. The van der Waals surface area contributed by atoms with Crippen molar-refractivity contribution in [3.63, 3.8) is 0 Å². The number of rotatable bonds is 9. The number of aromatic amines is 1. The number of anilines is 1. The maximum absolute atomic E-state index is 13.3. The maximum atomic E-state index is 13.3. The van der Waals surface area contributed by atoms with Crippen molar-refractivity contribution < 1.29 is 9.53 Å². The van der Waals surface area contributed by atoms with Gasteiger partial charge >= 0.3 is 0 Å². The summed E-state index contributed by atoms with van der Waals surface area (Å²) < 4.78 is 7.37. The number of carbonyl (C=O) groups is 1. The van der Waals surface area contributed by atoms with E-state index in [0.29, 0.717) is 11.1 Å². The molecule has 3 aromatic rings. The Labute approximate surface area is 211 Å². The minimum absolute atomic E-state index is 0.167. The second kappa shape index (κ2) is 11.5. The molecule has 0 atom stereocenters. The predicted molar refractivity (Wildman–Crippen MR) is 142 cm³/mol. The molecule has 1 saturated heterocycles. The van der Waals surface area contributed by atoms with Crippen molar-refractivity contribution in [3.05, 3.63) is 68.9 Å². The molecular formula is C27H36N6O3. The predicted octanol–water partition coefficient (Wildman–Crippen LogP) is 2.86. The van der Waals surface area contributed by atoms with E-state index in [0.717, 1.165) is 79.6 Å². The lowest BCUT2D eigenvalue weighted by Crippen LogP contribution is -2.38. The molecule has 192 valence electrons. The average Bonchev–Trinajstić information content (AvgIpc) is 3.33. The van der Waals surface area contributed by atoms with E-state index in [9.17, 15) is 9.59 Å². The second-order valence-electron chi connectivity index (χ2n) is 9.30. The van der Waals surface area contributed by atoms with Crippen molar-refractivity contribution >= 4 is 11.6 Å². The third-order valence-electron chi connectivity index (χ3n) is 6.65. The summed E-state index contributed by atoms with van der Waals surface area (Å²) in [5, 5.41) is 10.9. The summed E-state index contributed by atoms with van der Waals surface area (Å²) in [6.07, 6.45) is 3.87. The molecule has 1 fully saturated rings. The highest BCUT2D eigenvalue weighted by Crippen LogP contribution is 2.29. The fraction of sp³-hybridized carbons (Fsp3) is 0.444. The van der Waals surface area contributed by atoms with Gasteiger partial charge in [0.05, 0.1) is 26.0 Å². The van der Waals surface area contributed by atoms with Gasteiger partial charge in [-0.1, -0.05) is 0 Å². The molecule has 1 aliphatic heterocycles. The third kappa shape index (κ3) is 6.03. The number of H-pyrrole nitrogens is 1. The molecule has 0 aliphatic carbocycles. The zero-order valence-corrected chi connectivity index (χ0v) is 21.6. The van der Waals surface area contributed by atoms with E-state index in [-0.39, 0.29) is 18.0 Å². The monoisotopic (exact) mass is 492 g/mol. The lowest BCUT2D eigenvalue weighted by Gasteiger charge is -2.26. The van der Waals surface area contributed by atoms with Gasteiger partial charge in [-0.25, -0.2) is 0 Å². The van der Waals surface area contributed by atoms with Crippen LogP contribution in [0.4, 0.5) is 5.69 Å². The van der Waals surface area contributed by atoms with E-state index in [2.05, 4.69) is 31.7 Å². The van der Waals surface area contributed by atoms with Gasteiger partial charge in [-0.05, 0) is 62.6 Å². The number of aryl methyl sites for hydroxylation is 2. The molecule has 3 N–H and O–H groups in total. The number of morpholine rings is 1. The minimum atomic E-state index is -0.215. The quantitative estimate of drug-likeness (QED) is 0.424. The smallest absolute Gasteiger partial charge is 0.253 e. The van der Waals surface area contributed by atoms with Crippen LogP contribution >= 0.6 is 0 Å². The van der Waals surface area contributed by atoms with Crippen molar-refractivity contribution in [2.24, 2.45) is 0 Å². The number of hydrogen-bond donors (Lipinski definition) is 3. The van der Waals surface area contributed by atoms with E-state index in [4.69, 9.17) is 4.74 Å². The lowest BCUT2D eigenvalue weighted by molar-refractivity contribution is 0.0360. The van der Waals surface area contributed by atoms with Crippen molar-refractivity contribution in [1.29, 1.82) is 0 Å². The van der Waals surface area contributed by atoms with E-state index < -0.39 is 0 Å². The van der Waals surface area contributed by atoms with E-state index in [1.54, 1.807) is 0 Å². The molecule has 4 rings (SSSR count). The molecule has 3 heterocycles. The van der Waals surface area contributed by atoms with Crippen LogP contribution in [0.5, 0.6) is 0 Å². The summed E-state index contributed by atoms with van der Waals surface area (Å²) >= 11 is 0. The van der Waals surface area contributed by atoms with Gasteiger partial charge in [0.25, 0.3) is 11.5 Å². The molecule has 36 heavy (non-hydrogen) atoms. The summed E-state index contributed by atoms with van der Waals surface area (Å²) in [7, 11) is 0. The summed E-state index contributed by atoms with van der Waals surface area (Å²) in [6.45, 7) is 13.8. The highest BCUT2D eigenvalue weighted by molar-refractivity contribution is 5.98. The molecule has 1 aliphatic rings. The molecule has 0 spiro atoms. The van der Waals surface area contributed by atoms with E-state index >= 15 is 0 Å². The molecule has 0 bridgehead atoms. The Bertz CT molecular complexity index is 1270. The number of amides is 1. The van der Waals surface area contributed by atoms with E-state index in [1.807, 2.05) is 56.9 Å². The topological polar surface area (TPSA) is 104 Å². The van der Waals surface area contributed by atoms with Crippen LogP contribution in [0.15, 0.2) is 35.4 Å². The van der Waals surface area contributed by atoms with Gasteiger partial charge in [0.15, 0.2) is 0 Å². The van der Waals surface area contributed by atoms with Crippen LogP contribution in [0.3, 0.4) is 0 Å². The highest BCUT2D eigenvalue weighted by Gasteiger charge is 2.17. The molecule has 2 aromatic heterocycles. The number of aromatic nitrogens is 3. The molecule has 9 heteroatoms. The van der Waals surface area contributed by atoms with Gasteiger partial charge < -0.3 is 20.4 Å². The Kier molecular flexibility index (Phi) is 8.22.